The second-order valence-corrected chi connectivity index (χ2v) is 7.93. The van der Waals surface area contributed by atoms with Crippen molar-refractivity contribution in [3.05, 3.63) is 36.8 Å². The number of alkyl halides is 3. The van der Waals surface area contributed by atoms with Crippen molar-refractivity contribution in [2.75, 3.05) is 26.2 Å². The Kier molecular flexibility index (Phi) is 7.31. The largest absolute Gasteiger partial charge is 0.511 e. The van der Waals surface area contributed by atoms with E-state index in [9.17, 15) is 21.6 Å². The highest BCUT2D eigenvalue weighted by Crippen LogP contribution is 2.28. The first-order chi connectivity index (χ1) is 12.7. The number of furan rings is 1. The summed E-state index contributed by atoms with van der Waals surface area (Å²) in [5.41, 5.74) is -5.27. The minimum Gasteiger partial charge on any atom is -0.469 e. The van der Waals surface area contributed by atoms with Gasteiger partial charge in [0, 0.05) is 38.6 Å². The summed E-state index contributed by atoms with van der Waals surface area (Å²) in [4.78, 5) is 4.41. The van der Waals surface area contributed by atoms with E-state index in [2.05, 4.69) is 22.2 Å². The topological polar surface area (TPSA) is 86.9 Å². The molecule has 0 radical (unpaired) electrons. The van der Waals surface area contributed by atoms with Crippen LogP contribution in [0.1, 0.15) is 18.6 Å². The van der Waals surface area contributed by atoms with E-state index in [4.69, 9.17) is 4.42 Å². The molecule has 1 aromatic heterocycles. The molecular formula is C16H23F3N4O3S. The van der Waals surface area contributed by atoms with Crippen molar-refractivity contribution in [1.82, 2.24) is 14.9 Å². The summed E-state index contributed by atoms with van der Waals surface area (Å²) in [6.45, 7) is 4.16. The first-order valence-electron chi connectivity index (χ1n) is 8.48. The fraction of sp³-hybridized carbons (Fsp3) is 0.562. The van der Waals surface area contributed by atoms with Crippen LogP contribution in [0, 0.1) is 0 Å². The van der Waals surface area contributed by atoms with Crippen LogP contribution < -0.4 is 10.6 Å². The number of guanidine groups is 1. The Bertz CT molecular complexity index is 725. The van der Waals surface area contributed by atoms with Gasteiger partial charge in [-0.25, -0.2) is 8.42 Å². The molecule has 1 aliphatic heterocycles. The number of hydrogen-bond acceptors (Lipinski definition) is 4. The number of sulfonamides is 1. The predicted molar refractivity (Wildman–Crippen MR) is 95.6 cm³/mol. The van der Waals surface area contributed by atoms with Crippen LogP contribution in [0.15, 0.2) is 40.5 Å². The van der Waals surface area contributed by atoms with Crippen LogP contribution in [-0.2, 0) is 16.4 Å². The van der Waals surface area contributed by atoms with Crippen molar-refractivity contribution >= 4 is 16.0 Å². The van der Waals surface area contributed by atoms with Gasteiger partial charge in [0.15, 0.2) is 5.96 Å². The average Bonchev–Trinajstić information content (AvgIpc) is 3.12. The van der Waals surface area contributed by atoms with E-state index in [1.54, 1.807) is 18.4 Å². The molecule has 7 nitrogen and oxygen atoms in total. The number of rotatable bonds is 7. The highest BCUT2D eigenvalue weighted by Gasteiger charge is 2.50. The zero-order chi connectivity index (χ0) is 19.9. The number of piperidine rings is 1. The zero-order valence-electron chi connectivity index (χ0n) is 14.7. The van der Waals surface area contributed by atoms with Crippen molar-refractivity contribution in [2.45, 2.75) is 30.8 Å². The molecule has 2 N–H and O–H groups in total. The molecule has 2 heterocycles. The third-order valence-corrected chi connectivity index (χ3v) is 5.68. The fourth-order valence-corrected chi connectivity index (χ4v) is 3.62. The third-order valence-electron chi connectivity index (χ3n) is 4.05. The fourth-order valence-electron chi connectivity index (χ4n) is 2.63. The molecule has 0 saturated carbocycles. The maximum absolute atomic E-state index is 12.6. The highest BCUT2D eigenvalue weighted by molar-refractivity contribution is 7.90. The van der Waals surface area contributed by atoms with Gasteiger partial charge in [0.25, 0.3) is 0 Å². The maximum atomic E-state index is 12.6. The Labute approximate surface area is 156 Å². The van der Waals surface area contributed by atoms with E-state index in [1.807, 2.05) is 6.07 Å². The normalized spacial score (nSPS) is 17.7. The Morgan fingerprint density at radius 2 is 2.11 bits per heavy atom. The van der Waals surface area contributed by atoms with Crippen LogP contribution in [0.3, 0.4) is 0 Å². The van der Waals surface area contributed by atoms with Crippen molar-refractivity contribution in [3.8, 4) is 0 Å². The van der Waals surface area contributed by atoms with Crippen LogP contribution in [0.2, 0.25) is 0 Å². The molecule has 11 heteroatoms. The average molecular weight is 408 g/mol. The molecule has 1 saturated heterocycles. The van der Waals surface area contributed by atoms with Crippen LogP contribution in [0.25, 0.3) is 0 Å². The monoisotopic (exact) mass is 408 g/mol. The Morgan fingerprint density at radius 3 is 2.67 bits per heavy atom. The van der Waals surface area contributed by atoms with Crippen molar-refractivity contribution in [1.29, 1.82) is 0 Å². The quantitative estimate of drug-likeness (QED) is 0.409. The highest BCUT2D eigenvalue weighted by atomic mass is 32.2. The van der Waals surface area contributed by atoms with E-state index in [0.717, 1.165) is 5.76 Å². The van der Waals surface area contributed by atoms with Crippen molar-refractivity contribution in [2.24, 2.45) is 4.99 Å². The van der Waals surface area contributed by atoms with Gasteiger partial charge in [0.05, 0.1) is 6.26 Å². The SMILES string of the molecule is C=CCNC(=NCCc1ccco1)NC1CCN(S(=O)(=O)C(F)(F)F)CC1. The lowest BCUT2D eigenvalue weighted by molar-refractivity contribution is -0.0494. The van der Waals surface area contributed by atoms with Gasteiger partial charge in [-0.05, 0) is 25.0 Å². The number of hydrogen-bond donors (Lipinski definition) is 2. The minimum atomic E-state index is -5.27. The van der Waals surface area contributed by atoms with Gasteiger partial charge in [-0.3, -0.25) is 4.99 Å². The third kappa shape index (κ3) is 5.99. The first-order valence-corrected chi connectivity index (χ1v) is 9.92. The van der Waals surface area contributed by atoms with Gasteiger partial charge >= 0.3 is 15.5 Å². The van der Waals surface area contributed by atoms with Crippen molar-refractivity contribution in [3.63, 3.8) is 0 Å². The smallest absolute Gasteiger partial charge is 0.469 e. The molecule has 0 aliphatic carbocycles. The van der Waals surface area contributed by atoms with E-state index in [0.29, 0.717) is 29.8 Å². The molecule has 0 amide bonds. The summed E-state index contributed by atoms with van der Waals surface area (Å²) in [5, 5.41) is 6.18. The van der Waals surface area contributed by atoms with Crippen LogP contribution in [-0.4, -0.2) is 56.4 Å². The number of halogens is 3. The van der Waals surface area contributed by atoms with Crippen molar-refractivity contribution < 1.29 is 26.0 Å². The van der Waals surface area contributed by atoms with Crippen LogP contribution >= 0.6 is 0 Å². The summed E-state index contributed by atoms with van der Waals surface area (Å²) in [6.07, 6.45) is 4.35. The molecule has 1 aromatic rings. The summed E-state index contributed by atoms with van der Waals surface area (Å²) in [5.74, 6) is 1.30. The molecule has 1 fully saturated rings. The van der Waals surface area contributed by atoms with Gasteiger partial charge < -0.3 is 15.1 Å². The molecule has 1 aliphatic rings. The molecule has 0 unspecified atom stereocenters. The molecule has 0 atom stereocenters. The van der Waals surface area contributed by atoms with Crippen LogP contribution in [0.4, 0.5) is 13.2 Å². The standard InChI is InChI=1S/C16H23F3N4O3S/c1-2-8-20-15(21-9-5-14-4-3-12-26-14)22-13-6-10-23(11-7-13)27(24,25)16(17,18)19/h2-4,12-13H,1,5-11H2,(H2,20,21,22). The first kappa shape index (κ1) is 21.3. The molecule has 0 spiro atoms. The minimum absolute atomic E-state index is 0.177. The van der Waals surface area contributed by atoms with E-state index < -0.39 is 15.5 Å². The van der Waals surface area contributed by atoms with Gasteiger partial charge in [0.1, 0.15) is 5.76 Å². The Balaban J connectivity index is 1.89. The second-order valence-electron chi connectivity index (χ2n) is 6.00. The maximum Gasteiger partial charge on any atom is 0.511 e. The second kappa shape index (κ2) is 9.27. The summed E-state index contributed by atoms with van der Waals surface area (Å²) in [6, 6.07) is 3.46. The van der Waals surface area contributed by atoms with E-state index in [1.165, 1.54) is 0 Å². The van der Waals surface area contributed by atoms with Gasteiger partial charge in [-0.2, -0.15) is 17.5 Å². The Hall–Kier alpha value is -2.01. The van der Waals surface area contributed by atoms with E-state index >= 15 is 0 Å². The molecule has 27 heavy (non-hydrogen) atoms. The van der Waals surface area contributed by atoms with Gasteiger partial charge in [-0.1, -0.05) is 6.08 Å². The van der Waals surface area contributed by atoms with Crippen LogP contribution in [0.5, 0.6) is 0 Å². The lowest BCUT2D eigenvalue weighted by Crippen LogP contribution is -2.51. The number of nitrogens with one attached hydrogen (secondary N) is 2. The lowest BCUT2D eigenvalue weighted by Gasteiger charge is -2.32. The molecule has 2 rings (SSSR count). The summed E-state index contributed by atoms with van der Waals surface area (Å²) < 4.78 is 66.5. The summed E-state index contributed by atoms with van der Waals surface area (Å²) >= 11 is 0. The van der Waals surface area contributed by atoms with Gasteiger partial charge in [-0.15, -0.1) is 6.58 Å². The number of nitrogens with zero attached hydrogens (tertiary/aromatic N) is 2. The predicted octanol–water partition coefficient (Wildman–Crippen LogP) is 1.86. The molecule has 152 valence electrons. The Morgan fingerprint density at radius 1 is 1.41 bits per heavy atom. The molecular weight excluding hydrogens is 385 g/mol. The number of aliphatic imine (C=N–C) groups is 1. The zero-order valence-corrected chi connectivity index (χ0v) is 15.5. The van der Waals surface area contributed by atoms with E-state index in [-0.39, 0.29) is 32.0 Å². The molecule has 0 aromatic carbocycles. The summed E-state index contributed by atoms with van der Waals surface area (Å²) in [7, 11) is -5.27. The molecule has 0 bridgehead atoms. The van der Waals surface area contributed by atoms with Gasteiger partial charge in [0.2, 0.25) is 0 Å². The lowest BCUT2D eigenvalue weighted by atomic mass is 10.1.